The van der Waals surface area contributed by atoms with E-state index in [9.17, 15) is 4.79 Å². The number of amides is 1. The summed E-state index contributed by atoms with van der Waals surface area (Å²) in [4.78, 5) is 21.4. The molecule has 2 unspecified atom stereocenters. The Morgan fingerprint density at radius 3 is 2.49 bits per heavy atom. The first-order chi connectivity index (χ1) is 16.5. The van der Waals surface area contributed by atoms with Crippen molar-refractivity contribution < 1.29 is 19.0 Å². The lowest BCUT2D eigenvalue weighted by Gasteiger charge is -2.40. The zero-order valence-corrected chi connectivity index (χ0v) is 22.1. The van der Waals surface area contributed by atoms with Crippen molar-refractivity contribution in [3.05, 3.63) is 47.7 Å². The number of aromatic nitrogens is 1. The lowest BCUT2D eigenvalue weighted by molar-refractivity contribution is 0.0274. The highest BCUT2D eigenvalue weighted by Crippen LogP contribution is 2.47. The van der Waals surface area contributed by atoms with Crippen LogP contribution >= 0.6 is 0 Å². The van der Waals surface area contributed by atoms with Gasteiger partial charge in [-0.2, -0.15) is 0 Å². The van der Waals surface area contributed by atoms with Crippen molar-refractivity contribution in [2.24, 2.45) is 5.41 Å². The molecule has 0 N–H and O–H groups in total. The van der Waals surface area contributed by atoms with Crippen molar-refractivity contribution in [2.45, 2.75) is 65.6 Å². The van der Waals surface area contributed by atoms with Gasteiger partial charge >= 0.3 is 6.09 Å². The Hall–Kier alpha value is -2.96. The van der Waals surface area contributed by atoms with E-state index in [0.29, 0.717) is 13.1 Å². The first-order valence-corrected chi connectivity index (χ1v) is 12.5. The van der Waals surface area contributed by atoms with Crippen LogP contribution in [-0.2, 0) is 4.74 Å². The van der Waals surface area contributed by atoms with Gasteiger partial charge in [0.15, 0.2) is 11.5 Å². The van der Waals surface area contributed by atoms with E-state index in [0.717, 1.165) is 48.0 Å². The molecule has 7 nitrogen and oxygen atoms in total. The smallest absolute Gasteiger partial charge is 0.410 e. The highest BCUT2D eigenvalue weighted by Gasteiger charge is 2.45. The van der Waals surface area contributed by atoms with Gasteiger partial charge in [0, 0.05) is 25.2 Å². The molecule has 2 aromatic rings. The standard InChI is InChI=1S/C28H39N3O4/c1-8-28(6)18-31(26(32)35-27(3,4)5)17-22(28)20-10-11-23(33-7)24(13-20)34-21-15-30(16-21)25-12-9-19(2)14-29-25/h9-14,21-22H,8,15-18H2,1-7H3. The number of likely N-dealkylation sites (tertiary alicyclic amines) is 1. The Balaban J connectivity index is 1.48. The highest BCUT2D eigenvalue weighted by atomic mass is 16.6. The third-order valence-electron chi connectivity index (χ3n) is 7.21. The first-order valence-electron chi connectivity index (χ1n) is 12.5. The normalized spacial score (nSPS) is 22.7. The van der Waals surface area contributed by atoms with Gasteiger partial charge in [-0.25, -0.2) is 9.78 Å². The van der Waals surface area contributed by atoms with Crippen LogP contribution in [0.2, 0.25) is 0 Å². The van der Waals surface area contributed by atoms with E-state index in [1.807, 2.05) is 44.9 Å². The predicted octanol–water partition coefficient (Wildman–Crippen LogP) is 5.42. The average molecular weight is 482 g/mol. The average Bonchev–Trinajstić information content (AvgIpc) is 3.14. The molecule has 7 heteroatoms. The van der Waals surface area contributed by atoms with E-state index in [4.69, 9.17) is 14.2 Å². The van der Waals surface area contributed by atoms with Crippen molar-refractivity contribution in [3.8, 4) is 11.5 Å². The van der Waals surface area contributed by atoms with Crippen molar-refractivity contribution >= 4 is 11.9 Å². The van der Waals surface area contributed by atoms with Crippen molar-refractivity contribution in [3.63, 3.8) is 0 Å². The quantitative estimate of drug-likeness (QED) is 0.549. The molecule has 2 saturated heterocycles. The molecule has 2 aliphatic heterocycles. The van der Waals surface area contributed by atoms with E-state index in [1.165, 1.54) is 0 Å². The number of aryl methyl sites for hydroxylation is 1. The fraction of sp³-hybridized carbons (Fsp3) is 0.571. The number of methoxy groups -OCH3 is 1. The largest absolute Gasteiger partial charge is 0.493 e. The molecule has 1 amide bonds. The van der Waals surface area contributed by atoms with Crippen LogP contribution in [0.5, 0.6) is 11.5 Å². The van der Waals surface area contributed by atoms with Crippen LogP contribution in [0.4, 0.5) is 10.6 Å². The fourth-order valence-electron chi connectivity index (χ4n) is 4.91. The van der Waals surface area contributed by atoms with Crippen LogP contribution in [0.3, 0.4) is 0 Å². The Morgan fingerprint density at radius 1 is 1.14 bits per heavy atom. The van der Waals surface area contributed by atoms with Gasteiger partial charge < -0.3 is 24.0 Å². The number of nitrogens with zero attached hydrogens (tertiary/aromatic N) is 3. The lowest BCUT2D eigenvalue weighted by atomic mass is 9.74. The number of hydrogen-bond donors (Lipinski definition) is 0. The number of pyridine rings is 1. The van der Waals surface area contributed by atoms with E-state index in [-0.39, 0.29) is 23.5 Å². The molecule has 0 aliphatic carbocycles. The van der Waals surface area contributed by atoms with Crippen molar-refractivity contribution in [1.82, 2.24) is 9.88 Å². The summed E-state index contributed by atoms with van der Waals surface area (Å²) in [6.07, 6.45) is 2.68. The zero-order chi connectivity index (χ0) is 25.4. The number of carbonyl (C=O) groups excluding carboxylic acids is 1. The second-order valence-corrected chi connectivity index (χ2v) is 11.2. The van der Waals surface area contributed by atoms with E-state index in [1.54, 1.807) is 7.11 Å². The SMILES string of the molecule is CCC1(C)CN(C(=O)OC(C)(C)C)CC1c1ccc(OC)c(OC2CN(c3ccc(C)cn3)C2)c1. The van der Waals surface area contributed by atoms with E-state index < -0.39 is 5.60 Å². The van der Waals surface area contributed by atoms with Gasteiger partial charge in [0.25, 0.3) is 0 Å². The third kappa shape index (κ3) is 5.49. The van der Waals surface area contributed by atoms with Crippen LogP contribution in [0.1, 0.15) is 58.1 Å². The van der Waals surface area contributed by atoms with Crippen LogP contribution < -0.4 is 14.4 Å². The zero-order valence-electron chi connectivity index (χ0n) is 22.1. The van der Waals surface area contributed by atoms with Crippen LogP contribution in [-0.4, -0.2) is 61.0 Å². The summed E-state index contributed by atoms with van der Waals surface area (Å²) in [5.41, 5.74) is 1.75. The molecule has 1 aromatic carbocycles. The number of rotatable bonds is 6. The molecule has 2 atom stereocenters. The molecule has 2 fully saturated rings. The lowest BCUT2D eigenvalue weighted by Crippen LogP contribution is -2.54. The summed E-state index contributed by atoms with van der Waals surface area (Å²) < 4.78 is 17.7. The van der Waals surface area contributed by atoms with Gasteiger partial charge in [0.1, 0.15) is 17.5 Å². The minimum absolute atomic E-state index is 0.0485. The summed E-state index contributed by atoms with van der Waals surface area (Å²) in [6.45, 7) is 15.1. The number of hydrogen-bond acceptors (Lipinski definition) is 6. The predicted molar refractivity (Wildman–Crippen MR) is 138 cm³/mol. The molecule has 4 rings (SSSR count). The van der Waals surface area contributed by atoms with Gasteiger partial charge in [0.05, 0.1) is 20.2 Å². The minimum atomic E-state index is -0.510. The second-order valence-electron chi connectivity index (χ2n) is 11.2. The highest BCUT2D eigenvalue weighted by molar-refractivity contribution is 5.69. The summed E-state index contributed by atoms with van der Waals surface area (Å²) in [7, 11) is 1.67. The Morgan fingerprint density at radius 2 is 1.89 bits per heavy atom. The molecule has 0 spiro atoms. The fourth-order valence-corrected chi connectivity index (χ4v) is 4.91. The van der Waals surface area contributed by atoms with Crippen molar-refractivity contribution in [2.75, 3.05) is 38.2 Å². The van der Waals surface area contributed by atoms with Gasteiger partial charge in [-0.1, -0.05) is 26.0 Å². The summed E-state index contributed by atoms with van der Waals surface area (Å²) in [5, 5.41) is 0. The van der Waals surface area contributed by atoms with Gasteiger partial charge in [-0.3, -0.25) is 0 Å². The molecule has 1 aromatic heterocycles. The molecular weight excluding hydrogens is 442 g/mol. The monoisotopic (exact) mass is 481 g/mol. The molecule has 0 saturated carbocycles. The molecule has 190 valence electrons. The maximum atomic E-state index is 12.8. The molecule has 35 heavy (non-hydrogen) atoms. The maximum absolute atomic E-state index is 12.8. The number of carbonyl (C=O) groups is 1. The molecule has 0 radical (unpaired) electrons. The first kappa shape index (κ1) is 25.1. The molecule has 0 bridgehead atoms. The number of ether oxygens (including phenoxy) is 3. The summed E-state index contributed by atoms with van der Waals surface area (Å²) >= 11 is 0. The van der Waals surface area contributed by atoms with Crippen LogP contribution in [0, 0.1) is 12.3 Å². The van der Waals surface area contributed by atoms with E-state index in [2.05, 4.69) is 48.0 Å². The van der Waals surface area contributed by atoms with Gasteiger partial charge in [-0.05, 0) is 68.9 Å². The topological polar surface area (TPSA) is 64.1 Å². The van der Waals surface area contributed by atoms with E-state index >= 15 is 0 Å². The van der Waals surface area contributed by atoms with Gasteiger partial charge in [-0.15, -0.1) is 0 Å². The summed E-state index contributed by atoms with van der Waals surface area (Å²) in [5.74, 6) is 2.63. The second kappa shape index (κ2) is 9.59. The summed E-state index contributed by atoms with van der Waals surface area (Å²) in [6, 6.07) is 10.3. The minimum Gasteiger partial charge on any atom is -0.493 e. The molecule has 2 aliphatic rings. The van der Waals surface area contributed by atoms with Gasteiger partial charge in [0.2, 0.25) is 0 Å². The number of anilines is 1. The Labute approximate surface area is 209 Å². The van der Waals surface area contributed by atoms with Crippen molar-refractivity contribution in [1.29, 1.82) is 0 Å². The molecule has 3 heterocycles. The Bertz CT molecular complexity index is 1040. The Kier molecular flexibility index (Phi) is 6.89. The van der Waals surface area contributed by atoms with Crippen LogP contribution in [0.25, 0.3) is 0 Å². The number of benzene rings is 1. The third-order valence-corrected chi connectivity index (χ3v) is 7.21. The van der Waals surface area contributed by atoms with Crippen LogP contribution in [0.15, 0.2) is 36.5 Å². The maximum Gasteiger partial charge on any atom is 0.410 e. The molecular formula is C28H39N3O4.